The van der Waals surface area contributed by atoms with Gasteiger partial charge in [-0.15, -0.1) is 0 Å². The summed E-state index contributed by atoms with van der Waals surface area (Å²) in [6.45, 7) is 2.87. The lowest BCUT2D eigenvalue weighted by atomic mass is 10.1. The maximum Gasteiger partial charge on any atom is 0.335 e. The number of rotatable bonds is 12. The third kappa shape index (κ3) is 6.77. The van der Waals surface area contributed by atoms with Crippen LogP contribution in [0.25, 0.3) is 0 Å². The van der Waals surface area contributed by atoms with E-state index in [4.69, 9.17) is 9.52 Å². The number of nitrogens with one attached hydrogen (secondary N) is 3. The molecule has 1 atom stereocenters. The highest BCUT2D eigenvalue weighted by atomic mass is 32.2. The lowest BCUT2D eigenvalue weighted by Crippen LogP contribution is -2.26. The first-order valence-corrected chi connectivity index (χ1v) is 12.3. The fourth-order valence-electron chi connectivity index (χ4n) is 3.14. The van der Waals surface area contributed by atoms with Gasteiger partial charge in [-0.25, -0.2) is 18.5 Å². The molecule has 0 radical (unpaired) electrons. The molecule has 174 valence electrons. The number of unbranched alkanes of at least 4 members (excludes halogenated alkanes) is 1. The number of anilines is 1. The van der Waals surface area contributed by atoms with Gasteiger partial charge in [0.2, 0.25) is 0 Å². The summed E-state index contributed by atoms with van der Waals surface area (Å²) in [4.78, 5) is 15.8. The standard InChI is InChI=1S/C24H28N4O4S/c1-2-3-13-27-21-15-19(24(29)30)16-22(23(21)32-20-9-5-4-6-10-20)33(25,31)28-14-11-18-8-7-12-26-17-18/h4-10,12,15-17,27H,2-3,11,13-14H2,1H3,(H,29,30)(H2,25,28,31). The summed E-state index contributed by atoms with van der Waals surface area (Å²) in [7, 11) is -3.59. The minimum absolute atomic E-state index is 0.0172. The second-order valence-corrected chi connectivity index (χ2v) is 9.25. The van der Waals surface area contributed by atoms with Crippen LogP contribution < -0.4 is 14.8 Å². The molecule has 4 N–H and O–H groups in total. The van der Waals surface area contributed by atoms with Crippen molar-refractivity contribution in [1.82, 2.24) is 9.71 Å². The Morgan fingerprint density at radius 2 is 1.94 bits per heavy atom. The van der Waals surface area contributed by atoms with Gasteiger partial charge in [0.15, 0.2) is 5.75 Å². The molecule has 0 amide bonds. The maximum absolute atomic E-state index is 13.5. The van der Waals surface area contributed by atoms with E-state index in [1.165, 1.54) is 12.1 Å². The minimum Gasteiger partial charge on any atom is -0.478 e. The Hall–Kier alpha value is -3.43. The Labute approximate surface area is 194 Å². The average molecular weight is 469 g/mol. The number of ether oxygens (including phenoxy) is 1. The normalized spacial score (nSPS) is 12.6. The molecule has 2 aromatic carbocycles. The van der Waals surface area contributed by atoms with Crippen molar-refractivity contribution in [3.63, 3.8) is 0 Å². The van der Waals surface area contributed by atoms with Crippen molar-refractivity contribution in [2.45, 2.75) is 31.1 Å². The van der Waals surface area contributed by atoms with Crippen LogP contribution in [0.1, 0.15) is 35.7 Å². The van der Waals surface area contributed by atoms with Crippen molar-refractivity contribution >= 4 is 21.6 Å². The van der Waals surface area contributed by atoms with Crippen molar-refractivity contribution < 1.29 is 18.8 Å². The van der Waals surface area contributed by atoms with Crippen LogP contribution in [-0.4, -0.2) is 33.4 Å². The third-order valence-electron chi connectivity index (χ3n) is 4.86. The molecule has 0 spiro atoms. The van der Waals surface area contributed by atoms with Crippen LogP contribution in [0.2, 0.25) is 0 Å². The minimum atomic E-state index is -3.59. The van der Waals surface area contributed by atoms with Crippen LogP contribution in [0.15, 0.2) is 71.9 Å². The number of carbonyl (C=O) groups is 1. The van der Waals surface area contributed by atoms with E-state index in [9.17, 15) is 14.1 Å². The van der Waals surface area contributed by atoms with Crippen LogP contribution in [-0.2, 0) is 16.3 Å². The molecule has 8 nitrogen and oxygen atoms in total. The van der Waals surface area contributed by atoms with Gasteiger partial charge in [0.1, 0.15) is 20.6 Å². The van der Waals surface area contributed by atoms with Crippen molar-refractivity contribution in [1.29, 1.82) is 4.78 Å². The summed E-state index contributed by atoms with van der Waals surface area (Å²) in [5, 5.41) is 12.8. The maximum atomic E-state index is 13.5. The van der Waals surface area contributed by atoms with Gasteiger partial charge in [0.05, 0.1) is 11.3 Å². The van der Waals surface area contributed by atoms with Gasteiger partial charge >= 0.3 is 5.97 Å². The summed E-state index contributed by atoms with van der Waals surface area (Å²) < 4.78 is 30.9. The van der Waals surface area contributed by atoms with Crippen molar-refractivity contribution in [2.75, 3.05) is 18.4 Å². The molecule has 0 saturated carbocycles. The Kier molecular flexibility index (Phi) is 8.39. The Bertz CT molecular complexity index is 1170. The Morgan fingerprint density at radius 1 is 1.15 bits per heavy atom. The molecular weight excluding hydrogens is 440 g/mol. The third-order valence-corrected chi connectivity index (χ3v) is 6.40. The van der Waals surface area contributed by atoms with Crippen LogP contribution >= 0.6 is 0 Å². The van der Waals surface area contributed by atoms with E-state index < -0.39 is 15.9 Å². The van der Waals surface area contributed by atoms with Crippen molar-refractivity contribution in [3.05, 3.63) is 78.1 Å². The van der Waals surface area contributed by atoms with Crippen LogP contribution in [0.4, 0.5) is 5.69 Å². The number of aromatic carboxylic acids is 1. The van der Waals surface area contributed by atoms with Crippen LogP contribution in [0.3, 0.4) is 0 Å². The van der Waals surface area contributed by atoms with E-state index in [2.05, 4.69) is 15.0 Å². The molecule has 1 aromatic heterocycles. The van der Waals surface area contributed by atoms with Gasteiger partial charge in [0, 0.05) is 25.5 Å². The zero-order valence-electron chi connectivity index (χ0n) is 18.4. The molecule has 9 heteroatoms. The van der Waals surface area contributed by atoms with Crippen LogP contribution in [0, 0.1) is 4.78 Å². The van der Waals surface area contributed by atoms with E-state index in [1.807, 2.05) is 25.1 Å². The van der Waals surface area contributed by atoms with Gasteiger partial charge in [0.25, 0.3) is 0 Å². The predicted octanol–water partition coefficient (Wildman–Crippen LogP) is 4.94. The summed E-state index contributed by atoms with van der Waals surface area (Å²) in [6.07, 6.45) is 5.69. The van der Waals surface area contributed by atoms with Gasteiger partial charge in [-0.05, 0) is 48.7 Å². The SMILES string of the molecule is CCCCNc1cc(C(=O)O)cc(S(=N)(=O)NCCc2cccnc2)c1Oc1ccccc1. The Balaban J connectivity index is 1.99. The summed E-state index contributed by atoms with van der Waals surface area (Å²) >= 11 is 0. The largest absolute Gasteiger partial charge is 0.478 e. The summed E-state index contributed by atoms with van der Waals surface area (Å²) in [5.74, 6) is -0.506. The molecule has 0 aliphatic carbocycles. The fourth-order valence-corrected chi connectivity index (χ4v) is 4.40. The molecule has 1 heterocycles. The van der Waals surface area contributed by atoms with Crippen molar-refractivity contribution in [2.24, 2.45) is 0 Å². The second kappa shape index (κ2) is 11.4. The number of nitrogens with zero attached hydrogens (tertiary/aromatic N) is 1. The van der Waals surface area contributed by atoms with E-state index in [-0.39, 0.29) is 22.8 Å². The summed E-state index contributed by atoms with van der Waals surface area (Å²) in [5.41, 5.74) is 1.25. The topological polar surface area (TPSA) is 124 Å². The quantitative estimate of drug-likeness (QED) is 0.279. The molecule has 33 heavy (non-hydrogen) atoms. The molecular formula is C24H28N4O4S. The molecule has 0 bridgehead atoms. The van der Waals surface area contributed by atoms with Crippen LogP contribution in [0.5, 0.6) is 11.5 Å². The number of carboxylic acid groups (broad SMARTS) is 1. The first kappa shape index (κ1) is 24.2. The fraction of sp³-hybridized carbons (Fsp3) is 0.250. The van der Waals surface area contributed by atoms with E-state index in [1.54, 1.807) is 36.7 Å². The molecule has 0 aliphatic heterocycles. The molecule has 3 aromatic rings. The number of benzene rings is 2. The van der Waals surface area contributed by atoms with Crippen molar-refractivity contribution in [3.8, 4) is 11.5 Å². The number of hydrogen-bond acceptors (Lipinski definition) is 6. The van der Waals surface area contributed by atoms with Gasteiger partial charge in [-0.3, -0.25) is 4.98 Å². The molecule has 3 rings (SSSR count). The zero-order chi connectivity index (χ0) is 23.7. The van der Waals surface area contributed by atoms with E-state index in [0.717, 1.165) is 18.4 Å². The number of aromatic nitrogens is 1. The second-order valence-electron chi connectivity index (χ2n) is 7.41. The first-order valence-electron chi connectivity index (χ1n) is 10.7. The number of para-hydroxylation sites is 1. The van der Waals surface area contributed by atoms with E-state index in [0.29, 0.717) is 24.4 Å². The van der Waals surface area contributed by atoms with Gasteiger partial charge in [-0.2, -0.15) is 0 Å². The highest BCUT2D eigenvalue weighted by Gasteiger charge is 2.23. The monoisotopic (exact) mass is 468 g/mol. The first-order chi connectivity index (χ1) is 15.9. The highest BCUT2D eigenvalue weighted by Crippen LogP contribution is 2.38. The molecule has 1 unspecified atom stereocenters. The molecule has 0 aliphatic rings. The average Bonchev–Trinajstić information content (AvgIpc) is 2.81. The van der Waals surface area contributed by atoms with Gasteiger partial charge < -0.3 is 15.2 Å². The lowest BCUT2D eigenvalue weighted by molar-refractivity contribution is 0.0696. The molecule has 0 saturated heterocycles. The highest BCUT2D eigenvalue weighted by molar-refractivity contribution is 7.90. The number of carboxylic acids is 1. The number of pyridine rings is 1. The zero-order valence-corrected chi connectivity index (χ0v) is 19.2. The smallest absolute Gasteiger partial charge is 0.335 e. The van der Waals surface area contributed by atoms with Gasteiger partial charge in [-0.1, -0.05) is 37.6 Å². The lowest BCUT2D eigenvalue weighted by Gasteiger charge is -2.20. The molecule has 0 fully saturated rings. The van der Waals surface area contributed by atoms with E-state index >= 15 is 0 Å². The summed E-state index contributed by atoms with van der Waals surface area (Å²) in [6, 6.07) is 15.3. The predicted molar refractivity (Wildman–Crippen MR) is 128 cm³/mol. The number of hydrogen-bond donors (Lipinski definition) is 4. The Morgan fingerprint density at radius 3 is 2.61 bits per heavy atom.